The first-order valence-corrected chi connectivity index (χ1v) is 9.10. The van der Waals surface area contributed by atoms with Gasteiger partial charge >= 0.3 is 11.1 Å². The standard InChI is InChI=1S/C16H22N4O3S/c1-3-9-24-10-5-8-17-13(21)11-20-12-6-4-7-18-14(12)19(2)15(22)16(20)23/h4,6-7H,3,5,8-11H2,1-2H3,(H,17,21). The first-order chi connectivity index (χ1) is 11.6. The average molecular weight is 350 g/mol. The van der Waals surface area contributed by atoms with Gasteiger partial charge in [-0.1, -0.05) is 6.92 Å². The summed E-state index contributed by atoms with van der Waals surface area (Å²) in [6.45, 7) is 2.51. The molecule has 0 radical (unpaired) electrons. The van der Waals surface area contributed by atoms with Crippen LogP contribution >= 0.6 is 11.8 Å². The average Bonchev–Trinajstić information content (AvgIpc) is 2.60. The molecule has 2 aromatic rings. The van der Waals surface area contributed by atoms with Gasteiger partial charge in [0.1, 0.15) is 6.54 Å². The molecule has 0 saturated heterocycles. The first-order valence-electron chi connectivity index (χ1n) is 7.95. The van der Waals surface area contributed by atoms with Gasteiger partial charge in [-0.25, -0.2) is 4.98 Å². The molecular weight excluding hydrogens is 328 g/mol. The van der Waals surface area contributed by atoms with Crippen LogP contribution in [0.5, 0.6) is 0 Å². The lowest BCUT2D eigenvalue weighted by Crippen LogP contribution is -2.43. The Balaban J connectivity index is 2.09. The van der Waals surface area contributed by atoms with Crippen LogP contribution in [-0.2, 0) is 18.4 Å². The molecule has 2 rings (SSSR count). The first kappa shape index (κ1) is 18.3. The zero-order valence-corrected chi connectivity index (χ0v) is 14.8. The highest BCUT2D eigenvalue weighted by Crippen LogP contribution is 2.06. The van der Waals surface area contributed by atoms with E-state index in [0.29, 0.717) is 17.7 Å². The van der Waals surface area contributed by atoms with E-state index in [2.05, 4.69) is 17.2 Å². The molecule has 0 atom stereocenters. The molecule has 0 aliphatic rings. The molecule has 0 aromatic carbocycles. The minimum atomic E-state index is -0.716. The van der Waals surface area contributed by atoms with Crippen molar-refractivity contribution in [1.29, 1.82) is 0 Å². The second kappa shape index (κ2) is 8.68. The van der Waals surface area contributed by atoms with Crippen molar-refractivity contribution in [2.75, 3.05) is 18.1 Å². The van der Waals surface area contributed by atoms with E-state index in [1.54, 1.807) is 18.3 Å². The number of thioether (sulfide) groups is 1. The number of nitrogens with zero attached hydrogens (tertiary/aromatic N) is 3. The summed E-state index contributed by atoms with van der Waals surface area (Å²) >= 11 is 1.86. The SMILES string of the molecule is CCCSCCCNC(=O)Cn1c(=O)c(=O)n(C)c2ncccc21. The van der Waals surface area contributed by atoms with Crippen LogP contribution in [-0.4, -0.2) is 38.1 Å². The summed E-state index contributed by atoms with van der Waals surface area (Å²) in [5, 5.41) is 2.79. The summed E-state index contributed by atoms with van der Waals surface area (Å²) < 4.78 is 2.39. The highest BCUT2D eigenvalue weighted by atomic mass is 32.2. The molecule has 7 nitrogen and oxygen atoms in total. The number of nitrogens with one attached hydrogen (secondary N) is 1. The third-order valence-corrected chi connectivity index (χ3v) is 4.82. The second-order valence-electron chi connectivity index (χ2n) is 5.42. The Kier molecular flexibility index (Phi) is 6.60. The number of amides is 1. The Morgan fingerprint density at radius 3 is 2.83 bits per heavy atom. The summed E-state index contributed by atoms with van der Waals surface area (Å²) in [6, 6.07) is 3.35. The normalized spacial score (nSPS) is 10.9. The highest BCUT2D eigenvalue weighted by Gasteiger charge is 2.13. The topological polar surface area (TPSA) is 86.0 Å². The molecule has 8 heteroatoms. The molecule has 0 unspecified atom stereocenters. The molecule has 0 aliphatic carbocycles. The van der Waals surface area contributed by atoms with E-state index in [0.717, 1.165) is 24.3 Å². The molecule has 2 heterocycles. The van der Waals surface area contributed by atoms with Crippen LogP contribution in [0.2, 0.25) is 0 Å². The van der Waals surface area contributed by atoms with Crippen LogP contribution in [0.3, 0.4) is 0 Å². The van der Waals surface area contributed by atoms with E-state index in [-0.39, 0.29) is 12.5 Å². The van der Waals surface area contributed by atoms with Crippen LogP contribution in [0.4, 0.5) is 0 Å². The number of hydrogen-bond donors (Lipinski definition) is 1. The molecule has 0 aliphatic heterocycles. The molecule has 0 saturated carbocycles. The zero-order chi connectivity index (χ0) is 17.5. The van der Waals surface area contributed by atoms with Crippen LogP contribution < -0.4 is 16.4 Å². The van der Waals surface area contributed by atoms with Crippen molar-refractivity contribution in [1.82, 2.24) is 19.4 Å². The van der Waals surface area contributed by atoms with E-state index < -0.39 is 11.1 Å². The van der Waals surface area contributed by atoms with Crippen molar-refractivity contribution >= 4 is 28.8 Å². The van der Waals surface area contributed by atoms with Gasteiger partial charge in [-0.2, -0.15) is 11.8 Å². The van der Waals surface area contributed by atoms with Crippen LogP contribution in [0, 0.1) is 0 Å². The van der Waals surface area contributed by atoms with E-state index in [9.17, 15) is 14.4 Å². The number of aryl methyl sites for hydroxylation is 1. The van der Waals surface area contributed by atoms with Crippen LogP contribution in [0.1, 0.15) is 19.8 Å². The predicted molar refractivity (Wildman–Crippen MR) is 96.5 cm³/mol. The molecule has 0 spiro atoms. The number of carbonyl (C=O) groups is 1. The molecule has 0 fully saturated rings. The van der Waals surface area contributed by atoms with Gasteiger partial charge in [0, 0.05) is 19.8 Å². The van der Waals surface area contributed by atoms with Gasteiger partial charge in [0.2, 0.25) is 5.91 Å². The Morgan fingerprint density at radius 2 is 2.08 bits per heavy atom. The Morgan fingerprint density at radius 1 is 1.29 bits per heavy atom. The largest absolute Gasteiger partial charge is 0.355 e. The van der Waals surface area contributed by atoms with Crippen molar-refractivity contribution in [2.45, 2.75) is 26.3 Å². The summed E-state index contributed by atoms with van der Waals surface area (Å²) in [5.41, 5.74) is -0.555. The third-order valence-electron chi connectivity index (χ3n) is 3.55. The Hall–Kier alpha value is -2.09. The van der Waals surface area contributed by atoms with Crippen LogP contribution in [0.25, 0.3) is 11.2 Å². The molecule has 24 heavy (non-hydrogen) atoms. The van der Waals surface area contributed by atoms with E-state index in [1.165, 1.54) is 16.2 Å². The molecule has 1 amide bonds. The number of pyridine rings is 1. The predicted octanol–water partition coefficient (Wildman–Crippen LogP) is 0.745. The summed E-state index contributed by atoms with van der Waals surface area (Å²) in [4.78, 5) is 40.4. The van der Waals surface area contributed by atoms with Gasteiger partial charge in [0.05, 0.1) is 5.52 Å². The number of carbonyl (C=O) groups excluding carboxylic acids is 1. The maximum absolute atomic E-state index is 12.2. The summed E-state index contributed by atoms with van der Waals surface area (Å²) in [5.74, 6) is 1.83. The minimum Gasteiger partial charge on any atom is -0.355 e. The van der Waals surface area contributed by atoms with Gasteiger partial charge in [-0.3, -0.25) is 23.5 Å². The summed E-state index contributed by atoms with van der Waals surface area (Å²) in [7, 11) is 1.50. The highest BCUT2D eigenvalue weighted by molar-refractivity contribution is 7.99. The van der Waals surface area contributed by atoms with Gasteiger partial charge in [0.25, 0.3) is 0 Å². The quantitative estimate of drug-likeness (QED) is 0.561. The maximum Gasteiger partial charge on any atom is 0.317 e. The van der Waals surface area contributed by atoms with E-state index in [1.807, 2.05) is 11.8 Å². The number of rotatable bonds is 8. The molecule has 2 aromatic heterocycles. The van der Waals surface area contributed by atoms with E-state index >= 15 is 0 Å². The maximum atomic E-state index is 12.2. The molecule has 130 valence electrons. The number of aromatic nitrogens is 3. The van der Waals surface area contributed by atoms with Crippen molar-refractivity contribution in [3.63, 3.8) is 0 Å². The fourth-order valence-corrected chi connectivity index (χ4v) is 3.17. The monoisotopic (exact) mass is 350 g/mol. The third kappa shape index (κ3) is 4.25. The van der Waals surface area contributed by atoms with Crippen LogP contribution in [0.15, 0.2) is 27.9 Å². The fraction of sp³-hybridized carbons (Fsp3) is 0.500. The lowest BCUT2D eigenvalue weighted by molar-refractivity contribution is -0.121. The van der Waals surface area contributed by atoms with Crippen molar-refractivity contribution in [2.24, 2.45) is 7.05 Å². The van der Waals surface area contributed by atoms with Gasteiger partial charge in [-0.15, -0.1) is 0 Å². The van der Waals surface area contributed by atoms with Crippen molar-refractivity contribution in [3.05, 3.63) is 39.0 Å². The second-order valence-corrected chi connectivity index (χ2v) is 6.64. The van der Waals surface area contributed by atoms with Crippen molar-refractivity contribution in [3.8, 4) is 0 Å². The minimum absolute atomic E-state index is 0.181. The van der Waals surface area contributed by atoms with Gasteiger partial charge in [-0.05, 0) is 36.5 Å². The summed E-state index contributed by atoms with van der Waals surface area (Å²) in [6.07, 6.45) is 3.57. The number of fused-ring (bicyclic) bond motifs is 1. The Labute approximate surface area is 144 Å². The van der Waals surface area contributed by atoms with Crippen molar-refractivity contribution < 1.29 is 4.79 Å². The van der Waals surface area contributed by atoms with E-state index in [4.69, 9.17) is 0 Å². The number of hydrogen-bond acceptors (Lipinski definition) is 5. The molecule has 0 bridgehead atoms. The Bertz CT molecular complexity index is 828. The smallest absolute Gasteiger partial charge is 0.317 e. The van der Waals surface area contributed by atoms with Gasteiger partial charge in [0.15, 0.2) is 5.65 Å². The van der Waals surface area contributed by atoms with Gasteiger partial charge < -0.3 is 5.32 Å². The molecular formula is C16H22N4O3S. The molecule has 1 N–H and O–H groups in total. The lowest BCUT2D eigenvalue weighted by atomic mass is 10.3. The zero-order valence-electron chi connectivity index (χ0n) is 13.9. The lowest BCUT2D eigenvalue weighted by Gasteiger charge is -2.11. The fourth-order valence-electron chi connectivity index (χ4n) is 2.33.